The van der Waals surface area contributed by atoms with Gasteiger partial charge >= 0.3 is 22.2 Å². The number of nitrogens with zero attached hydrogens (tertiary/aromatic N) is 2. The predicted molar refractivity (Wildman–Crippen MR) is 114 cm³/mol. The van der Waals surface area contributed by atoms with Crippen LogP contribution >= 0.6 is 11.3 Å². The van der Waals surface area contributed by atoms with Crippen molar-refractivity contribution < 1.29 is 22.2 Å². The van der Waals surface area contributed by atoms with E-state index in [1.54, 1.807) is 0 Å². The fourth-order valence-corrected chi connectivity index (χ4v) is 6.62. The molecule has 30 heavy (non-hydrogen) atoms. The second-order valence-corrected chi connectivity index (χ2v) is 11.0. The monoisotopic (exact) mass is 458 g/mol. The molecule has 0 unspecified atom stereocenters. The number of primary amides is 1. The summed E-state index contributed by atoms with van der Waals surface area (Å²) in [7, 11) is -4.36. The van der Waals surface area contributed by atoms with E-state index in [-0.39, 0.29) is 33.1 Å². The minimum Gasteiger partial charge on any atom is -0.334 e. The molecule has 1 heterocycles. The Kier molecular flexibility index (Phi) is 7.22. The SMILES string of the molecule is Cc1nc(NC(=O)N(C2CCCCC2)C2CCC(C)CC2)sc1S(=O)(=O)OC(N)=O. The molecule has 2 fully saturated rings. The van der Waals surface area contributed by atoms with Gasteiger partial charge in [0.05, 0.1) is 5.69 Å². The lowest BCUT2D eigenvalue weighted by molar-refractivity contribution is 0.105. The molecule has 2 saturated carbocycles. The first-order valence-corrected chi connectivity index (χ1v) is 12.7. The summed E-state index contributed by atoms with van der Waals surface area (Å²) in [5, 5.41) is 2.95. The van der Waals surface area contributed by atoms with Gasteiger partial charge in [0.2, 0.25) is 0 Å². The Hall–Kier alpha value is -1.88. The highest BCUT2D eigenvalue weighted by Gasteiger charge is 2.34. The van der Waals surface area contributed by atoms with Crippen LogP contribution in [0.3, 0.4) is 0 Å². The fourth-order valence-electron chi connectivity index (χ4n) is 4.48. The van der Waals surface area contributed by atoms with Crippen LogP contribution in [0.1, 0.15) is 70.4 Å². The summed E-state index contributed by atoms with van der Waals surface area (Å²) in [6.07, 6.45) is 8.15. The normalized spacial score (nSPS) is 23.0. The highest BCUT2D eigenvalue weighted by molar-refractivity contribution is 7.89. The average Bonchev–Trinajstić information content (AvgIpc) is 3.04. The Morgan fingerprint density at radius 2 is 1.70 bits per heavy atom. The van der Waals surface area contributed by atoms with Crippen LogP contribution in [0.2, 0.25) is 0 Å². The van der Waals surface area contributed by atoms with Crippen molar-refractivity contribution >= 4 is 38.7 Å². The third-order valence-corrected chi connectivity index (χ3v) is 8.83. The lowest BCUT2D eigenvalue weighted by Crippen LogP contribution is -2.51. The van der Waals surface area contributed by atoms with Crippen LogP contribution in [-0.4, -0.2) is 42.5 Å². The lowest BCUT2D eigenvalue weighted by atomic mass is 9.84. The van der Waals surface area contributed by atoms with Gasteiger partial charge in [0.1, 0.15) is 0 Å². The van der Waals surface area contributed by atoms with Crippen LogP contribution in [0.5, 0.6) is 0 Å². The van der Waals surface area contributed by atoms with E-state index >= 15 is 0 Å². The molecule has 2 aliphatic rings. The summed E-state index contributed by atoms with van der Waals surface area (Å²) in [6, 6.07) is 0.140. The molecular formula is C19H30N4O5S2. The van der Waals surface area contributed by atoms with Crippen LogP contribution in [0.4, 0.5) is 14.7 Å². The molecule has 0 atom stereocenters. The number of carbonyl (C=O) groups excluding carboxylic acids is 2. The summed E-state index contributed by atoms with van der Waals surface area (Å²) in [5.41, 5.74) is 4.98. The topological polar surface area (TPSA) is 132 Å². The van der Waals surface area contributed by atoms with E-state index < -0.39 is 16.2 Å². The number of anilines is 1. The van der Waals surface area contributed by atoms with E-state index in [9.17, 15) is 18.0 Å². The molecule has 0 spiro atoms. The molecule has 0 radical (unpaired) electrons. The molecule has 11 heteroatoms. The van der Waals surface area contributed by atoms with Crippen molar-refractivity contribution in [1.82, 2.24) is 9.88 Å². The van der Waals surface area contributed by atoms with Gasteiger partial charge in [-0.2, -0.15) is 8.42 Å². The summed E-state index contributed by atoms with van der Waals surface area (Å²) in [5.74, 6) is 0.678. The standard InChI is InChI=1S/C19H30N4O5S2/c1-12-8-10-15(11-9-12)23(14-6-4-3-5-7-14)19(25)22-18-21-13(2)16(29-18)30(26,27)28-17(20)24/h12,14-15H,3-11H2,1-2H3,(H2,20,24)(H,21,22,25). The molecule has 3 N–H and O–H groups in total. The maximum Gasteiger partial charge on any atom is 0.420 e. The first-order valence-electron chi connectivity index (χ1n) is 10.5. The van der Waals surface area contributed by atoms with Crippen LogP contribution in [0, 0.1) is 12.8 Å². The Morgan fingerprint density at radius 1 is 1.10 bits per heavy atom. The fraction of sp³-hybridized carbons (Fsp3) is 0.737. The third kappa shape index (κ3) is 5.42. The van der Waals surface area contributed by atoms with E-state index in [0.29, 0.717) is 5.92 Å². The van der Waals surface area contributed by atoms with Gasteiger partial charge in [0, 0.05) is 12.1 Å². The Morgan fingerprint density at radius 3 is 2.30 bits per heavy atom. The van der Waals surface area contributed by atoms with Gasteiger partial charge in [-0.05, 0) is 51.4 Å². The van der Waals surface area contributed by atoms with Crippen molar-refractivity contribution in [2.24, 2.45) is 11.7 Å². The molecule has 168 valence electrons. The molecule has 3 amide bonds. The first-order chi connectivity index (χ1) is 14.2. The maximum atomic E-state index is 13.3. The molecule has 9 nitrogen and oxygen atoms in total. The highest BCUT2D eigenvalue weighted by atomic mass is 32.3. The molecule has 0 aliphatic heterocycles. The molecular weight excluding hydrogens is 428 g/mol. The minimum absolute atomic E-state index is 0.146. The summed E-state index contributed by atoms with van der Waals surface area (Å²) >= 11 is 0.757. The van der Waals surface area contributed by atoms with Gasteiger partial charge in [-0.25, -0.2) is 14.6 Å². The number of nitrogens with two attached hydrogens (primary N) is 1. The van der Waals surface area contributed by atoms with Gasteiger partial charge in [0.15, 0.2) is 9.34 Å². The van der Waals surface area contributed by atoms with Crippen molar-refractivity contribution in [3.63, 3.8) is 0 Å². The van der Waals surface area contributed by atoms with Crippen LogP contribution in [0.25, 0.3) is 0 Å². The Labute approximate surface area is 181 Å². The molecule has 0 saturated heterocycles. The van der Waals surface area contributed by atoms with E-state index in [1.807, 2.05) is 4.90 Å². The van der Waals surface area contributed by atoms with Gasteiger partial charge < -0.3 is 14.8 Å². The zero-order valence-electron chi connectivity index (χ0n) is 17.4. The van der Waals surface area contributed by atoms with E-state index in [0.717, 1.165) is 62.7 Å². The summed E-state index contributed by atoms with van der Waals surface area (Å²) in [4.78, 5) is 30.3. The lowest BCUT2D eigenvalue weighted by Gasteiger charge is -2.42. The van der Waals surface area contributed by atoms with Crippen molar-refractivity contribution in [3.8, 4) is 0 Å². The Balaban J connectivity index is 1.78. The third-order valence-electron chi connectivity index (χ3n) is 5.97. The number of aromatic nitrogens is 1. The first kappa shape index (κ1) is 22.8. The molecule has 1 aromatic rings. The van der Waals surface area contributed by atoms with E-state index in [4.69, 9.17) is 5.73 Å². The van der Waals surface area contributed by atoms with Crippen molar-refractivity contribution in [2.45, 2.75) is 87.9 Å². The number of thiazole rings is 1. The van der Waals surface area contributed by atoms with E-state index in [1.165, 1.54) is 13.3 Å². The van der Waals surface area contributed by atoms with Crippen molar-refractivity contribution in [3.05, 3.63) is 5.69 Å². The predicted octanol–water partition coefficient (Wildman–Crippen LogP) is 3.98. The summed E-state index contributed by atoms with van der Waals surface area (Å²) in [6.45, 7) is 3.72. The number of carbonyl (C=O) groups is 2. The van der Waals surface area contributed by atoms with Crippen LogP contribution in [0.15, 0.2) is 4.21 Å². The second kappa shape index (κ2) is 9.51. The molecule has 1 aromatic heterocycles. The van der Waals surface area contributed by atoms with Crippen molar-refractivity contribution in [1.29, 1.82) is 0 Å². The largest absolute Gasteiger partial charge is 0.420 e. The zero-order chi connectivity index (χ0) is 21.9. The molecule has 0 bridgehead atoms. The van der Waals surface area contributed by atoms with Crippen LogP contribution in [-0.2, 0) is 14.3 Å². The van der Waals surface area contributed by atoms with Gasteiger partial charge in [-0.15, -0.1) is 0 Å². The number of hydrogen-bond donors (Lipinski definition) is 2. The average molecular weight is 459 g/mol. The van der Waals surface area contributed by atoms with Gasteiger partial charge in [0.25, 0.3) is 0 Å². The number of nitrogens with one attached hydrogen (secondary N) is 1. The van der Waals surface area contributed by atoms with Crippen molar-refractivity contribution in [2.75, 3.05) is 5.32 Å². The van der Waals surface area contributed by atoms with E-state index in [2.05, 4.69) is 21.4 Å². The number of amides is 3. The summed E-state index contributed by atoms with van der Waals surface area (Å²) < 4.78 is 28.3. The highest BCUT2D eigenvalue weighted by Crippen LogP contribution is 2.34. The van der Waals surface area contributed by atoms with Gasteiger partial charge in [-0.3, -0.25) is 5.32 Å². The molecule has 2 aliphatic carbocycles. The number of urea groups is 1. The Bertz CT molecular complexity index is 871. The molecule has 0 aromatic carbocycles. The van der Waals surface area contributed by atoms with Crippen LogP contribution < -0.4 is 11.1 Å². The number of aryl methyl sites for hydroxylation is 1. The minimum atomic E-state index is -4.36. The zero-order valence-corrected chi connectivity index (χ0v) is 19.1. The number of hydrogen-bond acceptors (Lipinski definition) is 7. The van der Waals surface area contributed by atoms with Gasteiger partial charge in [-0.1, -0.05) is 37.5 Å². The quantitative estimate of drug-likeness (QED) is 0.642. The molecule has 3 rings (SSSR count). The number of rotatable bonds is 5. The maximum absolute atomic E-state index is 13.3. The second-order valence-electron chi connectivity index (χ2n) is 8.29. The smallest absolute Gasteiger partial charge is 0.334 e.